The second-order valence-electron chi connectivity index (χ2n) is 5.69. The maximum atomic E-state index is 11.9. The number of nitro benzene ring substituents is 1. The smallest absolute Gasteiger partial charge is 0.306 e. The van der Waals surface area contributed by atoms with Crippen molar-refractivity contribution in [2.24, 2.45) is 0 Å². The van der Waals surface area contributed by atoms with Gasteiger partial charge in [-0.15, -0.1) is 0 Å². The number of halogens is 2. The number of benzene rings is 2. The number of amides is 2. The Hall–Kier alpha value is -2.98. The Labute approximate surface area is 178 Å². The molecule has 0 aliphatic rings. The van der Waals surface area contributed by atoms with Gasteiger partial charge in [0.25, 0.3) is 11.6 Å². The zero-order chi connectivity index (χ0) is 21.4. The van der Waals surface area contributed by atoms with Crippen molar-refractivity contribution in [3.63, 3.8) is 0 Å². The van der Waals surface area contributed by atoms with Crippen molar-refractivity contribution in [2.75, 3.05) is 17.2 Å². The minimum absolute atomic E-state index is 0.166. The van der Waals surface area contributed by atoms with Crippen LogP contribution in [0.5, 0.6) is 0 Å². The lowest BCUT2D eigenvalue weighted by Gasteiger charge is -2.08. The van der Waals surface area contributed by atoms with E-state index < -0.39 is 29.3 Å². The number of ether oxygens (including phenoxy) is 1. The van der Waals surface area contributed by atoms with E-state index >= 15 is 0 Å². The van der Waals surface area contributed by atoms with E-state index in [0.29, 0.717) is 15.2 Å². The summed E-state index contributed by atoms with van der Waals surface area (Å²) in [4.78, 5) is 45.5. The number of hydrogen-bond acceptors (Lipinski definition) is 6. The molecule has 2 aromatic carbocycles. The number of nitro groups is 1. The van der Waals surface area contributed by atoms with Crippen LogP contribution in [0.2, 0.25) is 5.02 Å². The van der Waals surface area contributed by atoms with Crippen LogP contribution in [-0.4, -0.2) is 29.3 Å². The van der Waals surface area contributed by atoms with Gasteiger partial charge in [-0.1, -0.05) is 17.7 Å². The number of carbonyl (C=O) groups is 3. The van der Waals surface area contributed by atoms with Gasteiger partial charge in [-0.05, 0) is 40.2 Å². The van der Waals surface area contributed by atoms with Gasteiger partial charge >= 0.3 is 5.97 Å². The molecule has 2 rings (SSSR count). The van der Waals surface area contributed by atoms with Gasteiger partial charge in [0, 0.05) is 34.4 Å². The summed E-state index contributed by atoms with van der Waals surface area (Å²) in [6.45, 7) is -0.515. The molecule has 0 bridgehead atoms. The summed E-state index contributed by atoms with van der Waals surface area (Å²) < 4.78 is 5.49. The molecule has 152 valence electrons. The van der Waals surface area contributed by atoms with Crippen molar-refractivity contribution in [3.05, 3.63) is 62.1 Å². The number of non-ortho nitro benzene ring substituents is 1. The second kappa shape index (κ2) is 10.5. The van der Waals surface area contributed by atoms with E-state index in [0.717, 1.165) is 0 Å². The lowest BCUT2D eigenvalue weighted by atomic mass is 10.2. The van der Waals surface area contributed by atoms with Crippen molar-refractivity contribution in [2.45, 2.75) is 12.8 Å². The van der Waals surface area contributed by atoms with Crippen LogP contribution < -0.4 is 10.6 Å². The number of carbonyl (C=O) groups excluding carboxylic acids is 3. The number of hydrogen-bond donors (Lipinski definition) is 2. The molecule has 2 amide bonds. The fourth-order valence-corrected chi connectivity index (χ4v) is 2.55. The molecule has 0 saturated heterocycles. The van der Waals surface area contributed by atoms with Crippen molar-refractivity contribution in [3.8, 4) is 0 Å². The predicted molar refractivity (Wildman–Crippen MR) is 110 cm³/mol. The first kappa shape index (κ1) is 22.3. The molecule has 0 atom stereocenters. The molecule has 0 spiro atoms. The Morgan fingerprint density at radius 2 is 1.72 bits per heavy atom. The van der Waals surface area contributed by atoms with Crippen molar-refractivity contribution >= 4 is 62.4 Å². The lowest BCUT2D eigenvalue weighted by molar-refractivity contribution is -0.384. The summed E-state index contributed by atoms with van der Waals surface area (Å²) in [5, 5.41) is 16.1. The van der Waals surface area contributed by atoms with Gasteiger partial charge in [0.2, 0.25) is 5.91 Å². The molecule has 0 aliphatic heterocycles. The van der Waals surface area contributed by atoms with Gasteiger partial charge in [0.1, 0.15) is 0 Å². The van der Waals surface area contributed by atoms with E-state index in [2.05, 4.69) is 26.6 Å². The molecule has 9 nitrogen and oxygen atoms in total. The molecule has 0 aliphatic carbocycles. The van der Waals surface area contributed by atoms with Gasteiger partial charge in [0.05, 0.1) is 16.4 Å². The molecule has 11 heteroatoms. The van der Waals surface area contributed by atoms with Crippen LogP contribution >= 0.6 is 27.5 Å². The highest BCUT2D eigenvalue weighted by Crippen LogP contribution is 2.25. The van der Waals surface area contributed by atoms with Crippen molar-refractivity contribution < 1.29 is 24.0 Å². The van der Waals surface area contributed by atoms with E-state index in [9.17, 15) is 24.5 Å². The first-order valence-corrected chi connectivity index (χ1v) is 9.36. The predicted octanol–water partition coefficient (Wildman–Crippen LogP) is 3.91. The Morgan fingerprint density at radius 1 is 1.03 bits per heavy atom. The van der Waals surface area contributed by atoms with E-state index in [1.54, 1.807) is 12.1 Å². The minimum atomic E-state index is -0.733. The zero-order valence-electron chi connectivity index (χ0n) is 14.8. The van der Waals surface area contributed by atoms with Gasteiger partial charge in [-0.2, -0.15) is 0 Å². The highest BCUT2D eigenvalue weighted by atomic mass is 79.9. The summed E-state index contributed by atoms with van der Waals surface area (Å²) in [5.41, 5.74) is 0.515. The molecule has 29 heavy (non-hydrogen) atoms. The van der Waals surface area contributed by atoms with Crippen molar-refractivity contribution in [1.29, 1.82) is 0 Å². The van der Waals surface area contributed by atoms with E-state index in [4.69, 9.17) is 16.3 Å². The number of nitrogens with one attached hydrogen (secondary N) is 2. The topological polar surface area (TPSA) is 128 Å². The molecule has 0 unspecified atom stereocenters. The fraction of sp³-hybridized carbons (Fsp3) is 0.167. The van der Waals surface area contributed by atoms with Crippen LogP contribution in [0.3, 0.4) is 0 Å². The zero-order valence-corrected chi connectivity index (χ0v) is 17.2. The second-order valence-corrected chi connectivity index (χ2v) is 6.95. The van der Waals surface area contributed by atoms with E-state index in [1.165, 1.54) is 30.3 Å². The minimum Gasteiger partial charge on any atom is -0.456 e. The first-order chi connectivity index (χ1) is 13.7. The summed E-state index contributed by atoms with van der Waals surface area (Å²) in [6, 6.07) is 10.2. The molecular formula is C18H15BrClN3O6. The van der Waals surface area contributed by atoms with Crippen LogP contribution in [-0.2, 0) is 19.1 Å². The number of rotatable bonds is 8. The summed E-state index contributed by atoms with van der Waals surface area (Å²) in [6.07, 6.45) is -0.455. The van der Waals surface area contributed by atoms with Crippen LogP contribution in [0, 0.1) is 10.1 Å². The van der Waals surface area contributed by atoms with Crippen LogP contribution in [0.15, 0.2) is 46.9 Å². The summed E-state index contributed by atoms with van der Waals surface area (Å²) in [7, 11) is 0. The van der Waals surface area contributed by atoms with Crippen LogP contribution in [0.25, 0.3) is 0 Å². The van der Waals surface area contributed by atoms with Crippen molar-refractivity contribution in [1.82, 2.24) is 0 Å². The Bertz CT molecular complexity index is 953. The number of nitrogens with zero attached hydrogens (tertiary/aromatic N) is 1. The van der Waals surface area contributed by atoms with Gasteiger partial charge in [-0.25, -0.2) is 0 Å². The summed E-state index contributed by atoms with van der Waals surface area (Å²) in [5.74, 6) is -1.81. The quantitative estimate of drug-likeness (QED) is 0.332. The third-order valence-electron chi connectivity index (χ3n) is 3.46. The van der Waals surface area contributed by atoms with Gasteiger partial charge in [0.15, 0.2) is 6.61 Å². The third-order valence-corrected chi connectivity index (χ3v) is 4.70. The fourth-order valence-electron chi connectivity index (χ4n) is 2.13. The average molecular weight is 485 g/mol. The lowest BCUT2D eigenvalue weighted by Crippen LogP contribution is -2.21. The molecule has 2 aromatic rings. The molecule has 0 fully saturated rings. The maximum Gasteiger partial charge on any atom is 0.306 e. The number of anilines is 2. The SMILES string of the molecule is O=C(CCC(=O)OCC(=O)Nc1ccc(Br)c(Cl)c1)Nc1cccc([N+](=O)[O-])c1. The molecule has 0 radical (unpaired) electrons. The molecule has 0 aromatic heterocycles. The Balaban J connectivity index is 1.72. The molecule has 0 saturated carbocycles. The Morgan fingerprint density at radius 3 is 2.41 bits per heavy atom. The van der Waals surface area contributed by atoms with Gasteiger partial charge < -0.3 is 15.4 Å². The molecule has 0 heterocycles. The van der Waals surface area contributed by atoms with E-state index in [-0.39, 0.29) is 24.2 Å². The standard InChI is InChI=1S/C18H15BrClN3O6/c19-14-5-4-12(9-15(14)20)22-17(25)10-29-18(26)7-6-16(24)21-11-2-1-3-13(8-11)23(27)28/h1-5,8-9H,6-7,10H2,(H,21,24)(H,22,25). The molecule has 2 N–H and O–H groups in total. The maximum absolute atomic E-state index is 11.9. The van der Waals surface area contributed by atoms with E-state index in [1.807, 2.05) is 0 Å². The number of esters is 1. The largest absolute Gasteiger partial charge is 0.456 e. The summed E-state index contributed by atoms with van der Waals surface area (Å²) >= 11 is 9.15. The van der Waals surface area contributed by atoms with Gasteiger partial charge in [-0.3, -0.25) is 24.5 Å². The highest BCUT2D eigenvalue weighted by molar-refractivity contribution is 9.10. The third kappa shape index (κ3) is 7.51. The van der Waals surface area contributed by atoms with Crippen LogP contribution in [0.1, 0.15) is 12.8 Å². The monoisotopic (exact) mass is 483 g/mol. The first-order valence-electron chi connectivity index (χ1n) is 8.19. The Kier molecular flexibility index (Phi) is 8.10. The normalized spacial score (nSPS) is 10.1. The molecular weight excluding hydrogens is 470 g/mol. The average Bonchev–Trinajstić information content (AvgIpc) is 2.68. The highest BCUT2D eigenvalue weighted by Gasteiger charge is 2.12. The van der Waals surface area contributed by atoms with Crippen LogP contribution in [0.4, 0.5) is 17.1 Å².